The van der Waals surface area contributed by atoms with Crippen LogP contribution in [0.15, 0.2) is 53.6 Å². The lowest BCUT2D eigenvalue weighted by atomic mass is 9.93. The lowest BCUT2D eigenvalue weighted by Crippen LogP contribution is -2.28. The second kappa shape index (κ2) is 8.44. The molecule has 0 unspecified atom stereocenters. The minimum atomic E-state index is -0.640. The number of benzene rings is 1. The Morgan fingerprint density at radius 3 is 2.70 bits per heavy atom. The van der Waals surface area contributed by atoms with Crippen LogP contribution >= 0.6 is 0 Å². The average Bonchev–Trinajstić information content (AvgIpc) is 2.71. The summed E-state index contributed by atoms with van der Waals surface area (Å²) in [5, 5.41) is 13.9. The number of hydrogen-bond acceptors (Lipinski definition) is 5. The van der Waals surface area contributed by atoms with Gasteiger partial charge in [0, 0.05) is 36.6 Å². The number of halogens is 2. The number of nitrogens with zero attached hydrogens (tertiary/aromatic N) is 2. The van der Waals surface area contributed by atoms with Crippen molar-refractivity contribution in [3.05, 3.63) is 81.9 Å². The first-order chi connectivity index (χ1) is 14.6. The van der Waals surface area contributed by atoms with Crippen molar-refractivity contribution in [3.63, 3.8) is 0 Å². The van der Waals surface area contributed by atoms with Gasteiger partial charge in [0.1, 0.15) is 11.6 Å². The second-order valence-corrected chi connectivity index (χ2v) is 7.20. The normalized spacial score (nSPS) is 13.5. The molecule has 0 bridgehead atoms. The molecule has 154 valence electrons. The molecule has 0 saturated heterocycles. The smallest absolute Gasteiger partial charge is 0.266 e. The van der Waals surface area contributed by atoms with Crippen LogP contribution in [0.4, 0.5) is 20.3 Å². The number of pyridine rings is 2. The van der Waals surface area contributed by atoms with E-state index in [2.05, 4.69) is 15.6 Å². The number of aromatic nitrogens is 2. The van der Waals surface area contributed by atoms with Crippen LogP contribution in [0.25, 0.3) is 5.69 Å². The van der Waals surface area contributed by atoms with E-state index in [1.807, 2.05) is 0 Å². The van der Waals surface area contributed by atoms with Crippen LogP contribution in [-0.4, -0.2) is 21.8 Å². The fourth-order valence-corrected chi connectivity index (χ4v) is 3.32. The van der Waals surface area contributed by atoms with Crippen LogP contribution in [0.5, 0.6) is 0 Å². The molecule has 0 radical (unpaired) electrons. The van der Waals surface area contributed by atoms with Gasteiger partial charge in [-0.25, -0.2) is 13.8 Å². The third kappa shape index (κ3) is 3.94. The van der Waals surface area contributed by atoms with Gasteiger partial charge >= 0.3 is 0 Å². The van der Waals surface area contributed by atoms with E-state index in [4.69, 9.17) is 5.41 Å². The number of hydrogen-bond donors (Lipinski definition) is 3. The van der Waals surface area contributed by atoms with Crippen molar-refractivity contribution in [3.8, 4) is 5.69 Å². The molecule has 0 spiro atoms. The molecule has 0 aliphatic heterocycles. The van der Waals surface area contributed by atoms with Gasteiger partial charge in [0.25, 0.3) is 5.56 Å². The molecular weight excluding hydrogens is 388 g/mol. The fourth-order valence-electron chi connectivity index (χ4n) is 3.32. The third-order valence-corrected chi connectivity index (χ3v) is 5.25. The zero-order chi connectivity index (χ0) is 21.1. The van der Waals surface area contributed by atoms with Gasteiger partial charge in [0.05, 0.1) is 23.1 Å². The summed E-state index contributed by atoms with van der Waals surface area (Å²) in [6.45, 7) is 0.149. The minimum Gasteiger partial charge on any atom is -0.380 e. The standard InChI is InChI=1S/C22H21F2N5O/c23-17-7-2-1-4-14(17)12-26-19-8-9-29(22(30)16(19)11-25)20-10-21(27-13-18(20)24)28-15-5-3-6-15/h1-2,4,7-11,13,15,25-26H,3,5-6,12H2,(H,27,28). The Labute approximate surface area is 172 Å². The molecule has 1 aromatic carbocycles. The van der Waals surface area contributed by atoms with Crippen molar-refractivity contribution in [2.75, 3.05) is 10.6 Å². The first-order valence-electron chi connectivity index (χ1n) is 9.72. The van der Waals surface area contributed by atoms with Gasteiger partial charge in [-0.05, 0) is 31.4 Å². The Bertz CT molecular complexity index is 1140. The summed E-state index contributed by atoms with van der Waals surface area (Å²) in [4.78, 5) is 17.0. The average molecular weight is 409 g/mol. The maximum absolute atomic E-state index is 14.5. The lowest BCUT2D eigenvalue weighted by molar-refractivity contribution is 0.444. The molecule has 0 atom stereocenters. The molecule has 1 fully saturated rings. The van der Waals surface area contributed by atoms with Crippen molar-refractivity contribution in [2.24, 2.45) is 0 Å². The summed E-state index contributed by atoms with van der Waals surface area (Å²) in [7, 11) is 0. The highest BCUT2D eigenvalue weighted by Crippen LogP contribution is 2.24. The van der Waals surface area contributed by atoms with E-state index in [-0.39, 0.29) is 23.6 Å². The molecule has 4 rings (SSSR count). The molecule has 0 amide bonds. The molecule has 6 nitrogen and oxygen atoms in total. The first kappa shape index (κ1) is 19.8. The summed E-state index contributed by atoms with van der Waals surface area (Å²) < 4.78 is 29.4. The monoisotopic (exact) mass is 409 g/mol. The molecule has 3 aromatic rings. The molecule has 2 heterocycles. The maximum Gasteiger partial charge on any atom is 0.266 e. The predicted octanol–water partition coefficient (Wildman–Crippen LogP) is 4.08. The zero-order valence-electron chi connectivity index (χ0n) is 16.2. The van der Waals surface area contributed by atoms with Crippen molar-refractivity contribution in [1.82, 2.24) is 9.55 Å². The SMILES string of the molecule is N=Cc1c(NCc2ccccc2F)ccn(-c2cc(NC3CCC3)ncc2F)c1=O. The van der Waals surface area contributed by atoms with Crippen LogP contribution in [0.1, 0.15) is 30.4 Å². The van der Waals surface area contributed by atoms with Gasteiger partial charge in [-0.2, -0.15) is 0 Å². The van der Waals surface area contributed by atoms with E-state index in [9.17, 15) is 13.6 Å². The maximum atomic E-state index is 14.5. The van der Waals surface area contributed by atoms with E-state index in [0.717, 1.165) is 36.2 Å². The zero-order valence-corrected chi connectivity index (χ0v) is 16.2. The number of anilines is 2. The van der Waals surface area contributed by atoms with Crippen LogP contribution < -0.4 is 16.2 Å². The van der Waals surface area contributed by atoms with Crippen molar-refractivity contribution in [1.29, 1.82) is 5.41 Å². The topological polar surface area (TPSA) is 82.8 Å². The van der Waals surface area contributed by atoms with E-state index >= 15 is 0 Å². The Morgan fingerprint density at radius 1 is 1.20 bits per heavy atom. The molecule has 3 N–H and O–H groups in total. The predicted molar refractivity (Wildman–Crippen MR) is 113 cm³/mol. The molecular formula is C22H21F2N5O. The number of rotatable bonds is 7. The quantitative estimate of drug-likeness (QED) is 0.514. The highest BCUT2D eigenvalue weighted by atomic mass is 19.1. The molecule has 2 aromatic heterocycles. The fraction of sp³-hybridized carbons (Fsp3) is 0.227. The van der Waals surface area contributed by atoms with Gasteiger partial charge in [0.15, 0.2) is 5.82 Å². The van der Waals surface area contributed by atoms with Gasteiger partial charge in [-0.15, -0.1) is 0 Å². The molecule has 1 aliphatic carbocycles. The summed E-state index contributed by atoms with van der Waals surface area (Å²) in [5.41, 5.74) is 0.364. The highest BCUT2D eigenvalue weighted by molar-refractivity contribution is 5.85. The third-order valence-electron chi connectivity index (χ3n) is 5.25. The first-order valence-corrected chi connectivity index (χ1v) is 9.72. The van der Waals surface area contributed by atoms with Crippen LogP contribution in [0.3, 0.4) is 0 Å². The summed E-state index contributed by atoms with van der Waals surface area (Å²) in [6.07, 6.45) is 6.65. The van der Waals surface area contributed by atoms with Crippen LogP contribution in [0, 0.1) is 17.0 Å². The summed E-state index contributed by atoms with van der Waals surface area (Å²) in [6, 6.07) is 9.69. The van der Waals surface area contributed by atoms with Gasteiger partial charge in [-0.1, -0.05) is 18.2 Å². The van der Waals surface area contributed by atoms with Crippen LogP contribution in [-0.2, 0) is 6.54 Å². The van der Waals surface area contributed by atoms with E-state index < -0.39 is 11.4 Å². The van der Waals surface area contributed by atoms with Gasteiger partial charge in [0.2, 0.25) is 0 Å². The molecule has 8 heteroatoms. The van der Waals surface area contributed by atoms with E-state index in [0.29, 0.717) is 23.1 Å². The molecule has 30 heavy (non-hydrogen) atoms. The van der Waals surface area contributed by atoms with Crippen molar-refractivity contribution in [2.45, 2.75) is 31.8 Å². The van der Waals surface area contributed by atoms with Crippen LogP contribution in [0.2, 0.25) is 0 Å². The Hall–Kier alpha value is -3.55. The second-order valence-electron chi connectivity index (χ2n) is 7.20. The van der Waals surface area contributed by atoms with Gasteiger partial charge in [-0.3, -0.25) is 9.36 Å². The largest absolute Gasteiger partial charge is 0.380 e. The van der Waals surface area contributed by atoms with E-state index in [1.54, 1.807) is 24.3 Å². The molecule has 1 aliphatic rings. The minimum absolute atomic E-state index is 0.0542. The van der Waals surface area contributed by atoms with Gasteiger partial charge < -0.3 is 16.0 Å². The highest BCUT2D eigenvalue weighted by Gasteiger charge is 2.19. The Morgan fingerprint density at radius 2 is 2.00 bits per heavy atom. The summed E-state index contributed by atoms with van der Waals surface area (Å²) >= 11 is 0. The number of nitrogens with one attached hydrogen (secondary N) is 3. The summed E-state index contributed by atoms with van der Waals surface area (Å²) in [5.74, 6) is -0.500. The lowest BCUT2D eigenvalue weighted by Gasteiger charge is -2.27. The van der Waals surface area contributed by atoms with Crippen molar-refractivity contribution < 1.29 is 8.78 Å². The van der Waals surface area contributed by atoms with Crippen molar-refractivity contribution >= 4 is 17.7 Å². The molecule has 1 saturated carbocycles. The van der Waals surface area contributed by atoms with E-state index in [1.165, 1.54) is 18.3 Å². The Kier molecular flexibility index (Phi) is 5.56. The Balaban J connectivity index is 1.64.